The SMILES string of the molecule is CC(CCc1ccco1)NC(=O)c1ccc(Cl)c(S(=O)(=O)N2CCc3ccccc32)c1. The van der Waals surface area contributed by atoms with Gasteiger partial charge < -0.3 is 9.73 Å². The minimum atomic E-state index is -3.90. The van der Waals surface area contributed by atoms with Crippen LogP contribution in [-0.4, -0.2) is 26.9 Å². The second-order valence-corrected chi connectivity index (χ2v) is 9.83. The highest BCUT2D eigenvalue weighted by molar-refractivity contribution is 7.93. The third-order valence-electron chi connectivity index (χ3n) is 5.39. The van der Waals surface area contributed by atoms with Crippen molar-refractivity contribution in [1.29, 1.82) is 0 Å². The number of anilines is 1. The number of nitrogens with zero attached hydrogens (tertiary/aromatic N) is 1. The number of hydrogen-bond donors (Lipinski definition) is 1. The van der Waals surface area contributed by atoms with Crippen LogP contribution in [-0.2, 0) is 22.9 Å². The Bertz CT molecular complexity index is 1190. The Labute approximate surface area is 186 Å². The lowest BCUT2D eigenvalue weighted by Crippen LogP contribution is -2.33. The number of halogens is 1. The molecule has 0 fully saturated rings. The van der Waals surface area contributed by atoms with Crippen molar-refractivity contribution in [2.75, 3.05) is 10.8 Å². The normalized spacial score (nSPS) is 14.3. The highest BCUT2D eigenvalue weighted by atomic mass is 35.5. The molecule has 6 nitrogen and oxygen atoms in total. The summed E-state index contributed by atoms with van der Waals surface area (Å²) in [5.41, 5.74) is 1.88. The summed E-state index contributed by atoms with van der Waals surface area (Å²) >= 11 is 6.26. The van der Waals surface area contributed by atoms with Crippen molar-refractivity contribution in [3.05, 3.63) is 82.8 Å². The van der Waals surface area contributed by atoms with E-state index in [9.17, 15) is 13.2 Å². The first-order valence-corrected chi connectivity index (χ1v) is 11.9. The maximum Gasteiger partial charge on any atom is 0.265 e. The van der Waals surface area contributed by atoms with Crippen molar-refractivity contribution >= 4 is 33.2 Å². The van der Waals surface area contributed by atoms with Gasteiger partial charge in [0.1, 0.15) is 10.7 Å². The lowest BCUT2D eigenvalue weighted by Gasteiger charge is -2.21. The quantitative estimate of drug-likeness (QED) is 0.567. The van der Waals surface area contributed by atoms with Crippen LogP contribution >= 0.6 is 11.6 Å². The number of carbonyl (C=O) groups is 1. The van der Waals surface area contributed by atoms with Crippen molar-refractivity contribution in [3.63, 3.8) is 0 Å². The molecule has 8 heteroatoms. The van der Waals surface area contributed by atoms with Gasteiger partial charge in [-0.25, -0.2) is 8.42 Å². The summed E-state index contributed by atoms with van der Waals surface area (Å²) in [6, 6.07) is 15.3. The number of benzene rings is 2. The van der Waals surface area contributed by atoms with Crippen molar-refractivity contribution in [2.45, 2.75) is 37.1 Å². The van der Waals surface area contributed by atoms with Crippen LogP contribution in [0.5, 0.6) is 0 Å². The van der Waals surface area contributed by atoms with Crippen molar-refractivity contribution < 1.29 is 17.6 Å². The molecule has 0 spiro atoms. The number of aryl methyl sites for hydroxylation is 1. The predicted octanol–water partition coefficient (Wildman–Crippen LogP) is 4.44. The van der Waals surface area contributed by atoms with E-state index >= 15 is 0 Å². The third-order valence-corrected chi connectivity index (χ3v) is 7.68. The van der Waals surface area contributed by atoms with E-state index in [0.29, 0.717) is 31.5 Å². The number of nitrogens with one attached hydrogen (secondary N) is 1. The van der Waals surface area contributed by atoms with Crippen molar-refractivity contribution in [3.8, 4) is 0 Å². The number of carbonyl (C=O) groups excluding carboxylic acids is 1. The zero-order chi connectivity index (χ0) is 22.0. The lowest BCUT2D eigenvalue weighted by atomic mass is 10.1. The second-order valence-electron chi connectivity index (χ2n) is 7.59. The fraction of sp³-hybridized carbons (Fsp3) is 0.261. The largest absolute Gasteiger partial charge is 0.469 e. The van der Waals surface area contributed by atoms with E-state index in [0.717, 1.165) is 11.3 Å². The average molecular weight is 459 g/mol. The first-order chi connectivity index (χ1) is 14.9. The minimum Gasteiger partial charge on any atom is -0.469 e. The fourth-order valence-corrected chi connectivity index (χ4v) is 5.72. The molecular weight excluding hydrogens is 436 g/mol. The van der Waals surface area contributed by atoms with Crippen LogP contribution in [0.15, 0.2) is 70.2 Å². The van der Waals surface area contributed by atoms with E-state index in [1.807, 2.05) is 37.3 Å². The predicted molar refractivity (Wildman–Crippen MR) is 120 cm³/mol. The standard InChI is InChI=1S/C23H23ClN2O4S/c1-16(8-10-19-6-4-14-30-19)25-23(27)18-9-11-20(24)22(15-18)31(28,29)26-13-12-17-5-2-3-7-21(17)26/h2-7,9,11,14-16H,8,10,12-13H2,1H3,(H,25,27). The summed E-state index contributed by atoms with van der Waals surface area (Å²) in [6.07, 6.45) is 3.65. The number of fused-ring (bicyclic) bond motifs is 1. The van der Waals surface area contributed by atoms with Gasteiger partial charge in [-0.3, -0.25) is 9.10 Å². The first kappa shape index (κ1) is 21.5. The Morgan fingerprint density at radius 3 is 2.77 bits per heavy atom. The number of furan rings is 1. The summed E-state index contributed by atoms with van der Waals surface area (Å²) < 4.78 is 33.4. The van der Waals surface area contributed by atoms with E-state index in [1.165, 1.54) is 22.5 Å². The molecule has 0 radical (unpaired) electrons. The Morgan fingerprint density at radius 1 is 1.19 bits per heavy atom. The number of sulfonamides is 1. The smallest absolute Gasteiger partial charge is 0.265 e. The number of amides is 1. The molecular formula is C23H23ClN2O4S. The molecule has 2 heterocycles. The van der Waals surface area contributed by atoms with Gasteiger partial charge in [-0.15, -0.1) is 0 Å². The summed E-state index contributed by atoms with van der Waals surface area (Å²) in [7, 11) is -3.90. The summed E-state index contributed by atoms with van der Waals surface area (Å²) in [6.45, 7) is 2.24. The minimum absolute atomic E-state index is 0.0678. The van der Waals surface area contributed by atoms with Crippen LogP contribution in [0.25, 0.3) is 0 Å². The lowest BCUT2D eigenvalue weighted by molar-refractivity contribution is 0.0938. The van der Waals surface area contributed by atoms with Crippen LogP contribution in [0.1, 0.15) is 35.0 Å². The van der Waals surface area contributed by atoms with E-state index in [1.54, 1.807) is 12.3 Å². The zero-order valence-electron chi connectivity index (χ0n) is 17.0. The summed E-state index contributed by atoms with van der Waals surface area (Å²) in [4.78, 5) is 12.7. The zero-order valence-corrected chi connectivity index (χ0v) is 18.6. The Kier molecular flexibility index (Phi) is 6.07. The van der Waals surface area contributed by atoms with Crippen LogP contribution in [0.3, 0.4) is 0 Å². The molecule has 0 saturated heterocycles. The maximum atomic E-state index is 13.3. The second kappa shape index (κ2) is 8.77. The number of rotatable bonds is 7. The van der Waals surface area contributed by atoms with Gasteiger partial charge in [-0.1, -0.05) is 29.8 Å². The van der Waals surface area contributed by atoms with E-state index in [4.69, 9.17) is 16.0 Å². The molecule has 1 amide bonds. The van der Waals surface area contributed by atoms with Gasteiger partial charge in [0.2, 0.25) is 0 Å². The van der Waals surface area contributed by atoms with Gasteiger partial charge in [-0.2, -0.15) is 0 Å². The highest BCUT2D eigenvalue weighted by Gasteiger charge is 2.32. The molecule has 31 heavy (non-hydrogen) atoms. The molecule has 0 saturated carbocycles. The molecule has 0 aliphatic carbocycles. The molecule has 1 aromatic heterocycles. The van der Waals surface area contributed by atoms with E-state index in [-0.39, 0.29) is 27.4 Å². The van der Waals surface area contributed by atoms with Crippen LogP contribution in [0.2, 0.25) is 5.02 Å². The van der Waals surface area contributed by atoms with Gasteiger partial charge in [0.05, 0.1) is 17.0 Å². The van der Waals surface area contributed by atoms with Gasteiger partial charge in [0.15, 0.2) is 0 Å². The van der Waals surface area contributed by atoms with Crippen molar-refractivity contribution in [1.82, 2.24) is 5.32 Å². The monoisotopic (exact) mass is 458 g/mol. The van der Waals surface area contributed by atoms with Crippen molar-refractivity contribution in [2.24, 2.45) is 0 Å². The summed E-state index contributed by atoms with van der Waals surface area (Å²) in [5.74, 6) is 0.508. The maximum absolute atomic E-state index is 13.3. The molecule has 1 atom stereocenters. The molecule has 3 aromatic rings. The fourth-order valence-electron chi connectivity index (χ4n) is 3.71. The van der Waals surface area contributed by atoms with Gasteiger partial charge >= 0.3 is 0 Å². The molecule has 1 unspecified atom stereocenters. The van der Waals surface area contributed by atoms with Crippen LogP contribution < -0.4 is 9.62 Å². The topological polar surface area (TPSA) is 79.6 Å². The molecule has 1 aliphatic heterocycles. The molecule has 2 aromatic carbocycles. The summed E-state index contributed by atoms with van der Waals surface area (Å²) in [5, 5.41) is 3.00. The molecule has 162 valence electrons. The highest BCUT2D eigenvalue weighted by Crippen LogP contribution is 2.35. The molecule has 4 rings (SSSR count). The molecule has 0 bridgehead atoms. The Morgan fingerprint density at radius 2 is 2.00 bits per heavy atom. The first-order valence-electron chi connectivity index (χ1n) is 10.1. The Hall–Kier alpha value is -2.77. The third kappa shape index (κ3) is 4.48. The number of para-hydroxylation sites is 1. The van der Waals surface area contributed by atoms with Gasteiger partial charge in [0, 0.05) is 24.6 Å². The van der Waals surface area contributed by atoms with E-state index in [2.05, 4.69) is 5.32 Å². The van der Waals surface area contributed by atoms with Crippen LogP contribution in [0.4, 0.5) is 5.69 Å². The average Bonchev–Trinajstić information content (AvgIpc) is 3.42. The van der Waals surface area contributed by atoms with Gasteiger partial charge in [-0.05, 0) is 61.7 Å². The number of hydrogen-bond acceptors (Lipinski definition) is 4. The van der Waals surface area contributed by atoms with Gasteiger partial charge in [0.25, 0.3) is 15.9 Å². The molecule has 1 N–H and O–H groups in total. The Balaban J connectivity index is 1.52. The van der Waals surface area contributed by atoms with Crippen LogP contribution in [0, 0.1) is 0 Å². The molecule has 1 aliphatic rings. The van der Waals surface area contributed by atoms with E-state index < -0.39 is 10.0 Å².